The highest BCUT2D eigenvalue weighted by Gasteiger charge is 2.35. The minimum Gasteiger partial charge on any atom is -0.391 e. The first-order valence-electron chi connectivity index (χ1n) is 6.90. The number of hydrogen-bond acceptors (Lipinski definition) is 3. The van der Waals surface area contributed by atoms with Crippen molar-refractivity contribution in [3.8, 4) is 0 Å². The zero-order valence-corrected chi connectivity index (χ0v) is 10.5. The van der Waals surface area contributed by atoms with Gasteiger partial charge in [-0.15, -0.1) is 0 Å². The van der Waals surface area contributed by atoms with Crippen molar-refractivity contribution < 1.29 is 9.63 Å². The Balaban J connectivity index is 1.90. The molecule has 0 saturated heterocycles. The van der Waals surface area contributed by atoms with Gasteiger partial charge in [-0.1, -0.05) is 31.3 Å². The number of hydrogen-bond donors (Lipinski definition) is 1. The number of aliphatic hydroxyl groups is 1. The summed E-state index contributed by atoms with van der Waals surface area (Å²) in [5.41, 5.74) is 2.06. The Morgan fingerprint density at radius 1 is 1.24 bits per heavy atom. The maximum atomic E-state index is 9.58. The lowest BCUT2D eigenvalue weighted by molar-refractivity contribution is 0.272. The van der Waals surface area contributed by atoms with E-state index in [1.165, 1.54) is 38.5 Å². The van der Waals surface area contributed by atoms with Gasteiger partial charge in [-0.2, -0.15) is 0 Å². The molecule has 2 atom stereocenters. The third-order valence-electron chi connectivity index (χ3n) is 4.42. The molecule has 0 bridgehead atoms. The van der Waals surface area contributed by atoms with Crippen molar-refractivity contribution in [1.82, 2.24) is 5.16 Å². The Morgan fingerprint density at radius 3 is 2.65 bits per heavy atom. The molecule has 0 amide bonds. The normalized spacial score (nSPS) is 29.5. The van der Waals surface area contributed by atoms with Crippen molar-refractivity contribution in [3.05, 3.63) is 17.0 Å². The van der Waals surface area contributed by atoms with E-state index in [1.807, 2.05) is 0 Å². The van der Waals surface area contributed by atoms with Crippen LogP contribution in [-0.4, -0.2) is 10.3 Å². The van der Waals surface area contributed by atoms with Crippen LogP contribution in [0.25, 0.3) is 0 Å². The van der Waals surface area contributed by atoms with Crippen LogP contribution >= 0.6 is 0 Å². The van der Waals surface area contributed by atoms with Crippen molar-refractivity contribution in [2.75, 3.05) is 0 Å². The van der Waals surface area contributed by atoms with Crippen LogP contribution in [0.2, 0.25) is 0 Å². The summed E-state index contributed by atoms with van der Waals surface area (Å²) in [5, 5.41) is 13.9. The molecule has 94 valence electrons. The molecule has 2 unspecified atom stereocenters. The molecule has 0 radical (unpaired) electrons. The molecule has 17 heavy (non-hydrogen) atoms. The number of rotatable bonds is 3. The average molecular weight is 235 g/mol. The van der Waals surface area contributed by atoms with Crippen LogP contribution in [0.1, 0.15) is 74.3 Å². The van der Waals surface area contributed by atoms with Gasteiger partial charge in [0.15, 0.2) is 0 Å². The largest absolute Gasteiger partial charge is 0.391 e. The number of nitrogens with zero attached hydrogens (tertiary/aromatic N) is 1. The Labute approximate surface area is 102 Å². The fourth-order valence-electron chi connectivity index (χ4n) is 3.17. The van der Waals surface area contributed by atoms with Crippen LogP contribution in [0.4, 0.5) is 0 Å². The van der Waals surface area contributed by atoms with Crippen LogP contribution in [0, 0.1) is 5.92 Å². The van der Waals surface area contributed by atoms with Gasteiger partial charge in [-0.05, 0) is 25.2 Å². The first kappa shape index (κ1) is 11.3. The van der Waals surface area contributed by atoms with Crippen molar-refractivity contribution in [1.29, 1.82) is 0 Å². The van der Waals surface area contributed by atoms with E-state index in [1.54, 1.807) is 0 Å². The molecular weight excluding hydrogens is 214 g/mol. The molecule has 3 heteroatoms. The van der Waals surface area contributed by atoms with Gasteiger partial charge >= 0.3 is 0 Å². The molecule has 3 nitrogen and oxygen atoms in total. The minimum atomic E-state index is 0.0912. The number of aromatic nitrogens is 1. The summed E-state index contributed by atoms with van der Waals surface area (Å²) in [6.07, 6.45) is 7.49. The maximum absolute atomic E-state index is 9.58. The van der Waals surface area contributed by atoms with Crippen LogP contribution in [-0.2, 0) is 6.61 Å². The van der Waals surface area contributed by atoms with Gasteiger partial charge < -0.3 is 9.63 Å². The van der Waals surface area contributed by atoms with Crippen LogP contribution in [0.3, 0.4) is 0 Å². The highest BCUT2D eigenvalue weighted by Crippen LogP contribution is 2.45. The Bertz CT molecular complexity index is 395. The topological polar surface area (TPSA) is 46.3 Å². The molecule has 0 spiro atoms. The van der Waals surface area contributed by atoms with E-state index >= 15 is 0 Å². The van der Waals surface area contributed by atoms with Gasteiger partial charge in [0.2, 0.25) is 0 Å². The second-order valence-electron chi connectivity index (χ2n) is 5.71. The summed E-state index contributed by atoms with van der Waals surface area (Å²) in [6.45, 7) is 2.39. The lowest BCUT2D eigenvalue weighted by Gasteiger charge is -2.27. The summed E-state index contributed by atoms with van der Waals surface area (Å²) in [7, 11) is 0. The maximum Gasteiger partial charge on any atom is 0.145 e. The molecule has 2 aliphatic carbocycles. The molecule has 0 aliphatic heterocycles. The first-order valence-corrected chi connectivity index (χ1v) is 6.90. The molecule has 1 N–H and O–H groups in total. The average Bonchev–Trinajstić information content (AvgIpc) is 3.10. The quantitative estimate of drug-likeness (QED) is 0.874. The van der Waals surface area contributed by atoms with E-state index < -0.39 is 0 Å². The molecule has 3 rings (SSSR count). The molecule has 1 aromatic heterocycles. The van der Waals surface area contributed by atoms with E-state index in [4.69, 9.17) is 4.52 Å². The highest BCUT2D eigenvalue weighted by atomic mass is 16.5. The fourth-order valence-corrected chi connectivity index (χ4v) is 3.17. The molecule has 2 fully saturated rings. The Morgan fingerprint density at radius 2 is 2.00 bits per heavy atom. The lowest BCUT2D eigenvalue weighted by atomic mass is 9.77. The summed E-state index contributed by atoms with van der Waals surface area (Å²) in [4.78, 5) is 0. The summed E-state index contributed by atoms with van der Waals surface area (Å²) < 4.78 is 5.50. The Hall–Kier alpha value is -0.830. The second-order valence-corrected chi connectivity index (χ2v) is 5.71. The zero-order chi connectivity index (χ0) is 11.8. The summed E-state index contributed by atoms with van der Waals surface area (Å²) in [6, 6.07) is 0. The SMILES string of the molecule is CC1CCCCC1c1noc(C2CC2)c1CO. The van der Waals surface area contributed by atoms with E-state index in [2.05, 4.69) is 12.1 Å². The van der Waals surface area contributed by atoms with Crippen molar-refractivity contribution in [2.24, 2.45) is 5.92 Å². The Kier molecular flexibility index (Phi) is 2.95. The van der Waals surface area contributed by atoms with Crippen LogP contribution < -0.4 is 0 Å². The van der Waals surface area contributed by atoms with Gasteiger partial charge in [-0.3, -0.25) is 0 Å². The van der Waals surface area contributed by atoms with Gasteiger partial charge in [0.25, 0.3) is 0 Å². The monoisotopic (exact) mass is 235 g/mol. The van der Waals surface area contributed by atoms with Gasteiger partial charge in [0, 0.05) is 17.4 Å². The molecule has 1 heterocycles. The van der Waals surface area contributed by atoms with Crippen molar-refractivity contribution >= 4 is 0 Å². The zero-order valence-electron chi connectivity index (χ0n) is 10.5. The highest BCUT2D eigenvalue weighted by molar-refractivity contribution is 5.30. The van der Waals surface area contributed by atoms with E-state index in [0.717, 1.165) is 17.0 Å². The van der Waals surface area contributed by atoms with Gasteiger partial charge in [-0.25, -0.2) is 0 Å². The van der Waals surface area contributed by atoms with Crippen molar-refractivity contribution in [3.63, 3.8) is 0 Å². The van der Waals surface area contributed by atoms with Gasteiger partial charge in [0.05, 0.1) is 12.3 Å². The third kappa shape index (κ3) is 2.01. The molecule has 1 aromatic rings. The fraction of sp³-hybridized carbons (Fsp3) is 0.786. The smallest absolute Gasteiger partial charge is 0.145 e. The lowest BCUT2D eigenvalue weighted by Crippen LogP contribution is -2.16. The molecule has 0 aromatic carbocycles. The van der Waals surface area contributed by atoms with Crippen molar-refractivity contribution in [2.45, 2.75) is 63.9 Å². The van der Waals surface area contributed by atoms with E-state index in [0.29, 0.717) is 17.8 Å². The first-order chi connectivity index (χ1) is 8.31. The number of aliphatic hydroxyl groups excluding tert-OH is 1. The second kappa shape index (κ2) is 4.45. The molecular formula is C14H21NO2. The summed E-state index contributed by atoms with van der Waals surface area (Å²) in [5.74, 6) is 2.69. The van der Waals surface area contributed by atoms with Crippen LogP contribution in [0.5, 0.6) is 0 Å². The van der Waals surface area contributed by atoms with E-state index in [-0.39, 0.29) is 6.61 Å². The van der Waals surface area contributed by atoms with Gasteiger partial charge in [0.1, 0.15) is 5.76 Å². The predicted molar refractivity (Wildman–Crippen MR) is 64.8 cm³/mol. The molecule has 2 aliphatic rings. The minimum absolute atomic E-state index is 0.0912. The summed E-state index contributed by atoms with van der Waals surface area (Å²) >= 11 is 0. The van der Waals surface area contributed by atoms with Crippen LogP contribution in [0.15, 0.2) is 4.52 Å². The third-order valence-corrected chi connectivity index (χ3v) is 4.42. The van der Waals surface area contributed by atoms with E-state index in [9.17, 15) is 5.11 Å². The predicted octanol–water partition coefficient (Wildman–Crippen LogP) is 3.34. The standard InChI is InChI=1S/C14H21NO2/c1-9-4-2-3-5-11(9)13-12(8-16)14(17-15-13)10-6-7-10/h9-11,16H,2-8H2,1H3. The molecule has 2 saturated carbocycles.